The largest absolute Gasteiger partial charge is 0.461 e. The van der Waals surface area contributed by atoms with Gasteiger partial charge in [0.2, 0.25) is 15.9 Å². The predicted octanol–water partition coefficient (Wildman–Crippen LogP) is 1.43. The van der Waals surface area contributed by atoms with Crippen LogP contribution in [0.1, 0.15) is 12.5 Å². The van der Waals surface area contributed by atoms with Crippen LogP contribution in [0.15, 0.2) is 57.1 Å². The molecule has 3 aromatic rings. The van der Waals surface area contributed by atoms with E-state index in [0.717, 1.165) is 21.6 Å². The standard InChI is InChI=1S/C20H24N6O5S2/c1-4-26-19(16-6-5-11-31-16)23-24-20(26)32-13-18(28)22-21-17(27)12-25(3)33(29,30)15-9-7-14(2)8-10-15/h5-11H,4,12-13H2,1-3H3,(H,21,27)(H,22,28). The molecule has 11 nitrogen and oxygen atoms in total. The highest BCUT2D eigenvalue weighted by Crippen LogP contribution is 2.24. The van der Waals surface area contributed by atoms with Crippen LogP contribution in [-0.2, 0) is 26.2 Å². The number of aromatic nitrogens is 3. The van der Waals surface area contributed by atoms with Crippen molar-refractivity contribution in [2.24, 2.45) is 0 Å². The molecule has 13 heteroatoms. The number of nitrogens with zero attached hydrogens (tertiary/aromatic N) is 4. The molecule has 0 radical (unpaired) electrons. The highest BCUT2D eigenvalue weighted by Gasteiger charge is 2.23. The number of hydrogen-bond acceptors (Lipinski definition) is 8. The quantitative estimate of drug-likeness (QED) is 0.338. The maximum atomic E-state index is 12.6. The van der Waals surface area contributed by atoms with Crippen LogP contribution in [0.2, 0.25) is 0 Å². The first-order valence-corrected chi connectivity index (χ1v) is 12.4. The van der Waals surface area contributed by atoms with Crippen molar-refractivity contribution in [2.75, 3.05) is 19.3 Å². The maximum absolute atomic E-state index is 12.6. The van der Waals surface area contributed by atoms with Crippen LogP contribution in [0.3, 0.4) is 0 Å². The van der Waals surface area contributed by atoms with Crippen LogP contribution in [0.4, 0.5) is 0 Å². The fourth-order valence-corrected chi connectivity index (χ4v) is 4.72. The Kier molecular flexibility index (Phi) is 7.89. The van der Waals surface area contributed by atoms with Gasteiger partial charge in [-0.25, -0.2) is 8.42 Å². The van der Waals surface area contributed by atoms with E-state index in [2.05, 4.69) is 21.0 Å². The van der Waals surface area contributed by atoms with Crippen molar-refractivity contribution in [3.63, 3.8) is 0 Å². The Balaban J connectivity index is 1.49. The number of hydrazine groups is 1. The van der Waals surface area contributed by atoms with Gasteiger partial charge in [0, 0.05) is 13.6 Å². The zero-order valence-electron chi connectivity index (χ0n) is 18.3. The molecule has 176 valence electrons. The van der Waals surface area contributed by atoms with Crippen LogP contribution in [0, 0.1) is 6.92 Å². The molecule has 1 aromatic carbocycles. The van der Waals surface area contributed by atoms with E-state index < -0.39 is 28.4 Å². The van der Waals surface area contributed by atoms with Gasteiger partial charge < -0.3 is 4.42 Å². The third kappa shape index (κ3) is 6.00. The van der Waals surface area contributed by atoms with Crippen molar-refractivity contribution in [1.82, 2.24) is 29.9 Å². The Morgan fingerprint density at radius 2 is 1.82 bits per heavy atom. The average molecular weight is 493 g/mol. The van der Waals surface area contributed by atoms with Crippen LogP contribution < -0.4 is 10.9 Å². The molecule has 0 spiro atoms. The van der Waals surface area contributed by atoms with E-state index in [1.54, 1.807) is 28.8 Å². The van der Waals surface area contributed by atoms with Crippen LogP contribution in [-0.4, -0.2) is 58.6 Å². The molecule has 2 amide bonds. The molecule has 2 aromatic heterocycles. The summed E-state index contributed by atoms with van der Waals surface area (Å²) in [5.74, 6) is -0.0752. The maximum Gasteiger partial charge on any atom is 0.253 e. The number of sulfonamides is 1. The molecule has 0 fully saturated rings. The van der Waals surface area contributed by atoms with Gasteiger partial charge in [-0.2, -0.15) is 4.31 Å². The minimum Gasteiger partial charge on any atom is -0.461 e. The summed E-state index contributed by atoms with van der Waals surface area (Å²) in [6, 6.07) is 9.82. The molecule has 0 aliphatic rings. The SMILES string of the molecule is CCn1c(SCC(=O)NNC(=O)CN(C)S(=O)(=O)c2ccc(C)cc2)nnc1-c1ccco1. The molecule has 0 saturated heterocycles. The molecule has 33 heavy (non-hydrogen) atoms. The first-order valence-electron chi connectivity index (χ1n) is 9.93. The monoisotopic (exact) mass is 492 g/mol. The number of thioether (sulfide) groups is 1. The number of carbonyl (C=O) groups excluding carboxylic acids is 2. The molecule has 0 aliphatic carbocycles. The Morgan fingerprint density at radius 1 is 1.12 bits per heavy atom. The summed E-state index contributed by atoms with van der Waals surface area (Å²) in [4.78, 5) is 24.3. The van der Waals surface area contributed by atoms with Gasteiger partial charge in [0.15, 0.2) is 16.7 Å². The van der Waals surface area contributed by atoms with Gasteiger partial charge in [-0.15, -0.1) is 10.2 Å². The predicted molar refractivity (Wildman–Crippen MR) is 121 cm³/mol. The Hall–Kier alpha value is -3.16. The number of furan rings is 1. The summed E-state index contributed by atoms with van der Waals surface area (Å²) < 4.78 is 33.2. The van der Waals surface area contributed by atoms with Crippen molar-refractivity contribution in [3.8, 4) is 11.6 Å². The molecule has 0 aliphatic heterocycles. The van der Waals surface area contributed by atoms with E-state index in [-0.39, 0.29) is 10.6 Å². The van der Waals surface area contributed by atoms with Crippen LogP contribution in [0.5, 0.6) is 0 Å². The van der Waals surface area contributed by atoms with Crippen LogP contribution in [0.25, 0.3) is 11.6 Å². The van der Waals surface area contributed by atoms with Gasteiger partial charge in [-0.05, 0) is 38.1 Å². The van der Waals surface area contributed by atoms with Gasteiger partial charge in [-0.3, -0.25) is 25.0 Å². The average Bonchev–Trinajstić information content (AvgIpc) is 3.45. The second-order valence-electron chi connectivity index (χ2n) is 6.99. The zero-order chi connectivity index (χ0) is 24.0. The third-order valence-electron chi connectivity index (χ3n) is 4.54. The van der Waals surface area contributed by atoms with Gasteiger partial charge >= 0.3 is 0 Å². The lowest BCUT2D eigenvalue weighted by atomic mass is 10.2. The molecule has 0 unspecified atom stereocenters. The van der Waals surface area contributed by atoms with Crippen molar-refractivity contribution in [1.29, 1.82) is 0 Å². The second kappa shape index (κ2) is 10.6. The highest BCUT2D eigenvalue weighted by molar-refractivity contribution is 7.99. The van der Waals surface area contributed by atoms with Gasteiger partial charge in [0.1, 0.15) is 0 Å². The van der Waals surface area contributed by atoms with Crippen LogP contribution >= 0.6 is 11.8 Å². The third-order valence-corrected chi connectivity index (χ3v) is 7.33. The molecule has 0 atom stereocenters. The van der Waals surface area contributed by atoms with Crippen molar-refractivity contribution in [3.05, 3.63) is 48.2 Å². The smallest absolute Gasteiger partial charge is 0.253 e. The molecular formula is C20H24N6O5S2. The molecule has 2 N–H and O–H groups in total. The number of rotatable bonds is 9. The zero-order valence-corrected chi connectivity index (χ0v) is 19.9. The number of nitrogens with one attached hydrogen (secondary N) is 2. The Labute approximate surface area is 195 Å². The van der Waals surface area contributed by atoms with Crippen molar-refractivity contribution < 1.29 is 22.4 Å². The van der Waals surface area contributed by atoms with E-state index in [0.29, 0.717) is 23.3 Å². The number of carbonyl (C=O) groups is 2. The fourth-order valence-electron chi connectivity index (χ4n) is 2.79. The highest BCUT2D eigenvalue weighted by atomic mass is 32.2. The molecular weight excluding hydrogens is 468 g/mol. The van der Waals surface area contributed by atoms with E-state index in [1.165, 1.54) is 25.4 Å². The van der Waals surface area contributed by atoms with Crippen molar-refractivity contribution >= 4 is 33.6 Å². The van der Waals surface area contributed by atoms with E-state index in [4.69, 9.17) is 4.42 Å². The number of likely N-dealkylation sites (N-methyl/N-ethyl adjacent to an activating group) is 1. The molecule has 0 bridgehead atoms. The lowest BCUT2D eigenvalue weighted by Gasteiger charge is -2.17. The summed E-state index contributed by atoms with van der Waals surface area (Å²) in [6.45, 7) is 3.88. The minimum atomic E-state index is -3.83. The van der Waals surface area contributed by atoms with Gasteiger partial charge in [0.25, 0.3) is 5.91 Å². The second-order valence-corrected chi connectivity index (χ2v) is 9.97. The number of aryl methyl sites for hydroxylation is 1. The number of benzene rings is 1. The van der Waals surface area contributed by atoms with Gasteiger partial charge in [-0.1, -0.05) is 29.5 Å². The Morgan fingerprint density at radius 3 is 2.45 bits per heavy atom. The lowest BCUT2D eigenvalue weighted by Crippen LogP contribution is -2.47. The molecule has 2 heterocycles. The van der Waals surface area contributed by atoms with E-state index >= 15 is 0 Å². The number of hydrogen-bond donors (Lipinski definition) is 2. The molecule has 0 saturated carbocycles. The first kappa shape index (κ1) is 24.5. The molecule has 3 rings (SSSR count). The minimum absolute atomic E-state index is 0.0337. The first-order chi connectivity index (χ1) is 15.7. The fraction of sp³-hybridized carbons (Fsp3) is 0.300. The van der Waals surface area contributed by atoms with Crippen molar-refractivity contribution in [2.45, 2.75) is 30.4 Å². The van der Waals surface area contributed by atoms with E-state index in [9.17, 15) is 18.0 Å². The van der Waals surface area contributed by atoms with Gasteiger partial charge in [0.05, 0.1) is 23.5 Å². The number of amides is 2. The topological polar surface area (TPSA) is 139 Å². The normalized spacial score (nSPS) is 11.5. The van der Waals surface area contributed by atoms with E-state index in [1.807, 2.05) is 13.8 Å². The summed E-state index contributed by atoms with van der Waals surface area (Å²) in [6.07, 6.45) is 1.54. The lowest BCUT2D eigenvalue weighted by molar-refractivity contribution is -0.127. The summed E-state index contributed by atoms with van der Waals surface area (Å²) >= 11 is 1.14. The summed E-state index contributed by atoms with van der Waals surface area (Å²) in [5, 5.41) is 8.71. The summed E-state index contributed by atoms with van der Waals surface area (Å²) in [7, 11) is -2.54. The Bertz CT molecular complexity index is 1210. The summed E-state index contributed by atoms with van der Waals surface area (Å²) in [5.41, 5.74) is 5.42.